The van der Waals surface area contributed by atoms with E-state index in [2.05, 4.69) is 169 Å². The molecule has 0 radical (unpaired) electrons. The Kier molecular flexibility index (Phi) is 8.12. The zero-order valence-electron chi connectivity index (χ0n) is 29.8. The Morgan fingerprint density at radius 1 is 0.291 bits per heavy atom. The van der Waals surface area contributed by atoms with E-state index in [1.54, 1.807) is 0 Å². The molecule has 0 bridgehead atoms. The summed E-state index contributed by atoms with van der Waals surface area (Å²) in [5, 5.41) is 16.6. The van der Waals surface area contributed by atoms with Gasteiger partial charge in [0.2, 0.25) is 0 Å². The molecule has 55 heavy (non-hydrogen) atoms. The van der Waals surface area contributed by atoms with Crippen LogP contribution < -0.4 is 0 Å². The molecule has 4 heteroatoms. The average molecular weight is 704 g/mol. The fraction of sp³-hybridized carbons (Fsp3) is 0. The van der Waals surface area contributed by atoms with Crippen LogP contribution >= 0.6 is 0 Å². The highest BCUT2D eigenvalue weighted by molar-refractivity contribution is 6.15. The number of hydrogen-bond donors (Lipinski definition) is 0. The van der Waals surface area contributed by atoms with Crippen LogP contribution in [0.3, 0.4) is 0 Å². The molecule has 10 aromatic rings. The summed E-state index contributed by atoms with van der Waals surface area (Å²) < 4.78 is 6.45. The Morgan fingerprint density at radius 3 is 1.44 bits per heavy atom. The van der Waals surface area contributed by atoms with Gasteiger partial charge in [-0.25, -0.2) is 0 Å². The summed E-state index contributed by atoms with van der Waals surface area (Å²) in [5.74, 6) is 0. The van der Waals surface area contributed by atoms with Crippen LogP contribution in [0.4, 0.5) is 0 Å². The Labute approximate surface area is 319 Å². The molecule has 0 atom stereocenters. The first-order valence-corrected chi connectivity index (χ1v) is 18.5. The SMILES string of the molecule is c1ccc(-c2ccccc2-c2cccc(-c3cccc4oc5ccccc5c34)c2-c2nnnc(-c3ccccc3)c2-c2ccccc2-c2ccccc2)cc1. The predicted octanol–water partition coefficient (Wildman–Crippen LogP) is 13.4. The number of para-hydroxylation sites is 1. The van der Waals surface area contributed by atoms with Crippen molar-refractivity contribution < 1.29 is 4.42 Å². The topological polar surface area (TPSA) is 51.8 Å². The summed E-state index contributed by atoms with van der Waals surface area (Å²) in [7, 11) is 0. The van der Waals surface area contributed by atoms with Crippen LogP contribution in [0.15, 0.2) is 205 Å². The maximum Gasteiger partial charge on any atom is 0.136 e. The number of nitrogens with zero attached hydrogens (tertiary/aromatic N) is 3. The van der Waals surface area contributed by atoms with Gasteiger partial charge in [-0.2, -0.15) is 0 Å². The lowest BCUT2D eigenvalue weighted by atomic mass is 9.82. The standard InChI is InChI=1S/C51H33N3O/c1-4-18-34(19-5-1)37-24-10-12-26-39(37)41-29-16-30-43(42-31-17-33-46-47(42)44-28-14-15-32-45(44)55-46)48(41)51-49(50(52-54-53-51)36-22-8-3-9-23-36)40-27-13-11-25-38(40)35-20-6-2-7-21-35/h1-33H. The summed E-state index contributed by atoms with van der Waals surface area (Å²) >= 11 is 0. The third-order valence-corrected chi connectivity index (χ3v) is 10.4. The van der Waals surface area contributed by atoms with Crippen molar-refractivity contribution in [3.63, 3.8) is 0 Å². The number of aromatic nitrogens is 3. The van der Waals surface area contributed by atoms with Gasteiger partial charge in [0, 0.05) is 27.5 Å². The Balaban J connectivity index is 1.37. The second-order valence-electron chi connectivity index (χ2n) is 13.6. The number of furan rings is 1. The molecule has 2 aromatic heterocycles. The molecular weight excluding hydrogens is 671 g/mol. The summed E-state index contributed by atoms with van der Waals surface area (Å²) in [6, 6.07) is 69.7. The molecule has 2 heterocycles. The van der Waals surface area contributed by atoms with Crippen LogP contribution in [-0.4, -0.2) is 15.4 Å². The molecule has 0 aliphatic heterocycles. The van der Waals surface area contributed by atoms with Crippen molar-refractivity contribution in [2.24, 2.45) is 0 Å². The monoisotopic (exact) mass is 703 g/mol. The zero-order chi connectivity index (χ0) is 36.6. The van der Waals surface area contributed by atoms with E-state index in [1.807, 2.05) is 36.4 Å². The first-order valence-electron chi connectivity index (χ1n) is 18.5. The largest absolute Gasteiger partial charge is 0.456 e. The van der Waals surface area contributed by atoms with Crippen LogP contribution in [0.1, 0.15) is 0 Å². The molecule has 0 fully saturated rings. The molecule has 0 N–H and O–H groups in total. The van der Waals surface area contributed by atoms with Crippen molar-refractivity contribution in [2.75, 3.05) is 0 Å². The normalized spacial score (nSPS) is 11.3. The van der Waals surface area contributed by atoms with Gasteiger partial charge in [0.1, 0.15) is 22.6 Å². The van der Waals surface area contributed by atoms with Gasteiger partial charge in [-0.05, 0) is 67.4 Å². The number of rotatable bonds is 7. The van der Waals surface area contributed by atoms with Crippen molar-refractivity contribution in [3.05, 3.63) is 200 Å². The van der Waals surface area contributed by atoms with Crippen molar-refractivity contribution in [1.82, 2.24) is 15.4 Å². The van der Waals surface area contributed by atoms with Gasteiger partial charge in [0.15, 0.2) is 0 Å². The van der Waals surface area contributed by atoms with E-state index >= 15 is 0 Å². The minimum atomic E-state index is 0.746. The highest BCUT2D eigenvalue weighted by Gasteiger charge is 2.27. The van der Waals surface area contributed by atoms with Crippen molar-refractivity contribution in [2.45, 2.75) is 0 Å². The maximum atomic E-state index is 6.45. The van der Waals surface area contributed by atoms with E-state index in [-0.39, 0.29) is 0 Å². The molecule has 4 nitrogen and oxygen atoms in total. The Morgan fingerprint density at radius 2 is 0.745 bits per heavy atom. The van der Waals surface area contributed by atoms with Crippen LogP contribution in [0.5, 0.6) is 0 Å². The third-order valence-electron chi connectivity index (χ3n) is 10.4. The van der Waals surface area contributed by atoms with E-state index < -0.39 is 0 Å². The number of benzene rings is 8. The lowest BCUT2D eigenvalue weighted by Gasteiger charge is -2.22. The molecule has 0 saturated heterocycles. The molecule has 0 saturated carbocycles. The van der Waals surface area contributed by atoms with E-state index in [4.69, 9.17) is 14.6 Å². The molecular formula is C51H33N3O. The van der Waals surface area contributed by atoms with E-state index in [0.29, 0.717) is 0 Å². The zero-order valence-corrected chi connectivity index (χ0v) is 29.8. The van der Waals surface area contributed by atoms with Crippen LogP contribution in [0, 0.1) is 0 Å². The lowest BCUT2D eigenvalue weighted by molar-refractivity contribution is 0.669. The molecule has 258 valence electrons. The predicted molar refractivity (Wildman–Crippen MR) is 225 cm³/mol. The molecule has 0 spiro atoms. The van der Waals surface area contributed by atoms with E-state index in [9.17, 15) is 0 Å². The van der Waals surface area contributed by atoms with Crippen LogP contribution in [0.25, 0.3) is 100 Å². The van der Waals surface area contributed by atoms with Crippen molar-refractivity contribution in [1.29, 1.82) is 0 Å². The van der Waals surface area contributed by atoms with E-state index in [1.165, 1.54) is 0 Å². The summed E-state index contributed by atoms with van der Waals surface area (Å²) in [5.41, 5.74) is 15.7. The molecule has 8 aromatic carbocycles. The average Bonchev–Trinajstić information content (AvgIpc) is 3.66. The van der Waals surface area contributed by atoms with Gasteiger partial charge >= 0.3 is 0 Å². The van der Waals surface area contributed by atoms with Crippen LogP contribution in [-0.2, 0) is 0 Å². The van der Waals surface area contributed by atoms with Gasteiger partial charge in [0.05, 0.1) is 0 Å². The van der Waals surface area contributed by atoms with E-state index in [0.717, 1.165) is 100 Å². The van der Waals surface area contributed by atoms with Gasteiger partial charge in [0.25, 0.3) is 0 Å². The van der Waals surface area contributed by atoms with Crippen molar-refractivity contribution >= 4 is 21.9 Å². The first-order chi connectivity index (χ1) is 27.3. The minimum absolute atomic E-state index is 0.746. The van der Waals surface area contributed by atoms with Gasteiger partial charge < -0.3 is 4.42 Å². The fourth-order valence-corrected chi connectivity index (χ4v) is 7.97. The lowest BCUT2D eigenvalue weighted by Crippen LogP contribution is -2.03. The van der Waals surface area contributed by atoms with Gasteiger partial charge in [-0.3, -0.25) is 0 Å². The quantitative estimate of drug-likeness (QED) is 0.166. The highest BCUT2D eigenvalue weighted by Crippen LogP contribution is 2.50. The summed E-state index contributed by atoms with van der Waals surface area (Å²) in [6.07, 6.45) is 0. The van der Waals surface area contributed by atoms with Crippen molar-refractivity contribution in [3.8, 4) is 78.1 Å². The molecule has 0 unspecified atom stereocenters. The van der Waals surface area contributed by atoms with Gasteiger partial charge in [-0.1, -0.05) is 188 Å². The fourth-order valence-electron chi connectivity index (χ4n) is 7.97. The van der Waals surface area contributed by atoms with Gasteiger partial charge in [-0.15, -0.1) is 10.2 Å². The minimum Gasteiger partial charge on any atom is -0.456 e. The maximum absolute atomic E-state index is 6.45. The molecule has 0 amide bonds. The summed E-state index contributed by atoms with van der Waals surface area (Å²) in [6.45, 7) is 0. The second-order valence-corrected chi connectivity index (χ2v) is 13.6. The Bertz CT molecular complexity index is 2970. The molecule has 0 aliphatic rings. The number of hydrogen-bond acceptors (Lipinski definition) is 4. The summed E-state index contributed by atoms with van der Waals surface area (Å²) in [4.78, 5) is 0. The third kappa shape index (κ3) is 5.68. The number of fused-ring (bicyclic) bond motifs is 3. The highest BCUT2D eigenvalue weighted by atomic mass is 16.3. The second kappa shape index (κ2) is 13.8. The van der Waals surface area contributed by atoms with Crippen LogP contribution in [0.2, 0.25) is 0 Å². The smallest absolute Gasteiger partial charge is 0.136 e. The molecule has 10 rings (SSSR count). The first kappa shape index (κ1) is 32.2. The Hall–Kier alpha value is -7.43. The molecule has 0 aliphatic carbocycles.